The van der Waals surface area contributed by atoms with E-state index in [1.165, 1.54) is 18.2 Å². The molecule has 0 saturated heterocycles. The zero-order valence-corrected chi connectivity index (χ0v) is 19.8. The Morgan fingerprint density at radius 3 is 2.60 bits per heavy atom. The number of hydrogen-bond donors (Lipinski definition) is 1. The minimum atomic E-state index is -0.767. The van der Waals surface area contributed by atoms with E-state index in [0.29, 0.717) is 34.3 Å². The molecule has 0 heterocycles. The lowest BCUT2D eigenvalue weighted by atomic mass is 10.1. The van der Waals surface area contributed by atoms with Crippen molar-refractivity contribution in [3.05, 3.63) is 98.1 Å². The molecule has 3 aromatic carbocycles. The van der Waals surface area contributed by atoms with Crippen LogP contribution in [0.4, 0.5) is 11.4 Å². The summed E-state index contributed by atoms with van der Waals surface area (Å²) in [5, 5.41) is 23.9. The smallest absolute Gasteiger partial charge is 0.293 e. The van der Waals surface area contributed by atoms with Gasteiger partial charge in [-0.2, -0.15) is 5.26 Å². The largest absolute Gasteiger partial charge is 0.490 e. The minimum absolute atomic E-state index is 0.00470. The summed E-state index contributed by atoms with van der Waals surface area (Å²) in [5.74, 6) is 0.138. The quantitative estimate of drug-likeness (QED) is 0.168. The third-order valence-corrected chi connectivity index (χ3v) is 5.25. The summed E-state index contributed by atoms with van der Waals surface area (Å²) in [5.41, 5.74) is 1.52. The number of rotatable bonds is 9. The molecule has 0 saturated carbocycles. The van der Waals surface area contributed by atoms with Crippen molar-refractivity contribution in [2.75, 3.05) is 11.9 Å². The van der Waals surface area contributed by atoms with E-state index in [0.717, 1.165) is 5.56 Å². The molecule has 0 spiro atoms. The number of halogens is 1. The second-order valence-electron chi connectivity index (χ2n) is 7.42. The molecule has 0 fully saturated rings. The molecule has 8 nitrogen and oxygen atoms in total. The number of aryl methyl sites for hydroxylation is 1. The van der Waals surface area contributed by atoms with Crippen LogP contribution in [0.2, 0.25) is 5.02 Å². The Labute approximate surface area is 207 Å². The van der Waals surface area contributed by atoms with E-state index in [-0.39, 0.29) is 23.6 Å². The summed E-state index contributed by atoms with van der Waals surface area (Å²) in [4.78, 5) is 23.4. The van der Waals surface area contributed by atoms with Crippen molar-refractivity contribution in [1.29, 1.82) is 5.26 Å². The van der Waals surface area contributed by atoms with Crippen molar-refractivity contribution in [3.63, 3.8) is 0 Å². The van der Waals surface area contributed by atoms with Crippen LogP contribution in [0.1, 0.15) is 23.6 Å². The second-order valence-corrected chi connectivity index (χ2v) is 7.83. The van der Waals surface area contributed by atoms with Crippen LogP contribution < -0.4 is 14.8 Å². The van der Waals surface area contributed by atoms with Crippen LogP contribution in [0.3, 0.4) is 0 Å². The highest BCUT2D eigenvalue weighted by Crippen LogP contribution is 2.31. The Morgan fingerprint density at radius 2 is 1.91 bits per heavy atom. The Balaban J connectivity index is 1.83. The van der Waals surface area contributed by atoms with E-state index in [1.54, 1.807) is 37.3 Å². The van der Waals surface area contributed by atoms with E-state index in [2.05, 4.69) is 5.32 Å². The molecule has 9 heteroatoms. The molecule has 178 valence electrons. The molecule has 0 aliphatic carbocycles. The van der Waals surface area contributed by atoms with Crippen molar-refractivity contribution >= 4 is 35.0 Å². The Kier molecular flexibility index (Phi) is 8.43. The number of nitrogens with one attached hydrogen (secondary N) is 1. The Morgan fingerprint density at radius 1 is 1.14 bits per heavy atom. The molecule has 3 rings (SSSR count). The van der Waals surface area contributed by atoms with Gasteiger partial charge in [0.2, 0.25) is 0 Å². The van der Waals surface area contributed by atoms with Crippen LogP contribution >= 0.6 is 11.6 Å². The summed E-state index contributed by atoms with van der Waals surface area (Å²) in [7, 11) is 0. The molecule has 0 unspecified atom stereocenters. The molecule has 0 radical (unpaired) electrons. The fourth-order valence-electron chi connectivity index (χ4n) is 3.18. The molecule has 1 N–H and O–H groups in total. The normalized spacial score (nSPS) is 10.9. The lowest BCUT2D eigenvalue weighted by Crippen LogP contribution is -2.14. The summed E-state index contributed by atoms with van der Waals surface area (Å²) in [6.07, 6.45) is 1.37. The first-order valence-electron chi connectivity index (χ1n) is 10.6. The average molecular weight is 492 g/mol. The standard InChI is InChI=1S/C26H22ClN3O5/c1-3-34-25-14-18(9-11-24(25)35-16-19-6-4-5-7-21(19)27)13-20(15-28)26(31)29-22-10-8-17(2)12-23(22)30(32)33/h4-14H,3,16H2,1-2H3,(H,29,31)/b20-13+. The van der Waals surface area contributed by atoms with E-state index in [9.17, 15) is 20.2 Å². The highest BCUT2D eigenvalue weighted by atomic mass is 35.5. The van der Waals surface area contributed by atoms with Gasteiger partial charge in [0.1, 0.15) is 23.9 Å². The number of hydrogen-bond acceptors (Lipinski definition) is 6. The molecule has 35 heavy (non-hydrogen) atoms. The number of nitrogens with zero attached hydrogens (tertiary/aromatic N) is 2. The fraction of sp³-hybridized carbons (Fsp3) is 0.154. The Bertz CT molecular complexity index is 1330. The maximum Gasteiger partial charge on any atom is 0.293 e. The summed E-state index contributed by atoms with van der Waals surface area (Å²) in [6, 6.07) is 18.6. The topological polar surface area (TPSA) is 114 Å². The van der Waals surface area contributed by atoms with E-state index in [4.69, 9.17) is 21.1 Å². The van der Waals surface area contributed by atoms with Gasteiger partial charge in [-0.1, -0.05) is 41.9 Å². The lowest BCUT2D eigenvalue weighted by molar-refractivity contribution is -0.384. The first kappa shape index (κ1) is 25.3. The highest BCUT2D eigenvalue weighted by Gasteiger charge is 2.18. The minimum Gasteiger partial charge on any atom is -0.490 e. The predicted molar refractivity (Wildman–Crippen MR) is 133 cm³/mol. The summed E-state index contributed by atoms with van der Waals surface area (Å²) >= 11 is 6.19. The van der Waals surface area contributed by atoms with Crippen LogP contribution in [-0.2, 0) is 11.4 Å². The molecule has 0 bridgehead atoms. The fourth-order valence-corrected chi connectivity index (χ4v) is 3.37. The molecule has 1 amide bonds. The molecule has 0 aliphatic rings. The molecule has 0 atom stereocenters. The number of amides is 1. The number of carbonyl (C=O) groups is 1. The zero-order valence-electron chi connectivity index (χ0n) is 19.1. The SMILES string of the molecule is CCOc1cc(/C=C(\C#N)C(=O)Nc2ccc(C)cc2[N+](=O)[O-])ccc1OCc1ccccc1Cl. The third-order valence-electron chi connectivity index (χ3n) is 4.88. The maximum absolute atomic E-state index is 12.7. The Hall–Kier alpha value is -4.35. The van der Waals surface area contributed by atoms with Crippen LogP contribution in [0, 0.1) is 28.4 Å². The van der Waals surface area contributed by atoms with Gasteiger partial charge in [-0.15, -0.1) is 0 Å². The van der Waals surface area contributed by atoms with Crippen molar-refractivity contribution in [2.24, 2.45) is 0 Å². The van der Waals surface area contributed by atoms with Crippen LogP contribution in [0.5, 0.6) is 11.5 Å². The van der Waals surface area contributed by atoms with Crippen molar-refractivity contribution < 1.29 is 19.2 Å². The van der Waals surface area contributed by atoms with Crippen molar-refractivity contribution in [3.8, 4) is 17.6 Å². The number of ether oxygens (including phenoxy) is 2. The number of nitriles is 1. The van der Waals surface area contributed by atoms with Crippen molar-refractivity contribution in [1.82, 2.24) is 0 Å². The first-order chi connectivity index (χ1) is 16.8. The van der Waals surface area contributed by atoms with Crippen LogP contribution in [-0.4, -0.2) is 17.4 Å². The predicted octanol–water partition coefficient (Wildman–Crippen LogP) is 6.08. The van der Waals surface area contributed by atoms with Gasteiger partial charge in [0.05, 0.1) is 11.5 Å². The molecule has 3 aromatic rings. The number of nitro groups is 1. The molecule has 0 aromatic heterocycles. The van der Waals surface area contributed by atoms with Gasteiger partial charge in [0.25, 0.3) is 11.6 Å². The average Bonchev–Trinajstić information content (AvgIpc) is 2.84. The van der Waals surface area contributed by atoms with Gasteiger partial charge in [-0.05, 0) is 55.3 Å². The van der Waals surface area contributed by atoms with Gasteiger partial charge in [0.15, 0.2) is 11.5 Å². The highest BCUT2D eigenvalue weighted by molar-refractivity contribution is 6.31. The number of carbonyl (C=O) groups excluding carboxylic acids is 1. The van der Waals surface area contributed by atoms with E-state index >= 15 is 0 Å². The summed E-state index contributed by atoms with van der Waals surface area (Å²) < 4.78 is 11.6. The number of anilines is 1. The maximum atomic E-state index is 12.7. The van der Waals surface area contributed by atoms with Crippen LogP contribution in [0.15, 0.2) is 66.2 Å². The third kappa shape index (κ3) is 6.59. The van der Waals surface area contributed by atoms with E-state index in [1.807, 2.05) is 31.2 Å². The van der Waals surface area contributed by atoms with Crippen molar-refractivity contribution in [2.45, 2.75) is 20.5 Å². The van der Waals surface area contributed by atoms with Gasteiger partial charge in [-0.25, -0.2) is 0 Å². The molecule has 0 aliphatic heterocycles. The summed E-state index contributed by atoms with van der Waals surface area (Å²) in [6.45, 7) is 4.13. The second kappa shape index (κ2) is 11.7. The number of benzene rings is 3. The van der Waals surface area contributed by atoms with Gasteiger partial charge < -0.3 is 14.8 Å². The number of nitro benzene ring substituents is 1. The van der Waals surface area contributed by atoms with Gasteiger partial charge in [-0.3, -0.25) is 14.9 Å². The monoisotopic (exact) mass is 491 g/mol. The molecular weight excluding hydrogens is 470 g/mol. The van der Waals surface area contributed by atoms with Gasteiger partial charge in [0, 0.05) is 16.7 Å². The van der Waals surface area contributed by atoms with E-state index < -0.39 is 10.8 Å². The van der Waals surface area contributed by atoms with Gasteiger partial charge >= 0.3 is 0 Å². The molecular formula is C26H22ClN3O5. The zero-order chi connectivity index (χ0) is 25.4. The first-order valence-corrected chi connectivity index (χ1v) is 11.0. The van der Waals surface area contributed by atoms with Crippen LogP contribution in [0.25, 0.3) is 6.08 Å². The lowest BCUT2D eigenvalue weighted by Gasteiger charge is -2.13.